The first-order valence-electron chi connectivity index (χ1n) is 11.2. The smallest absolute Gasteiger partial charge is 0.257 e. The number of pyridine rings is 1. The Labute approximate surface area is 212 Å². The van der Waals surface area contributed by atoms with E-state index in [9.17, 15) is 18.0 Å². The molecule has 2 aromatic heterocycles. The molecule has 2 amide bonds. The van der Waals surface area contributed by atoms with Crippen molar-refractivity contribution in [3.05, 3.63) is 64.7 Å². The lowest BCUT2D eigenvalue weighted by atomic mass is 9.83. The van der Waals surface area contributed by atoms with Crippen LogP contribution in [0.2, 0.25) is 0 Å². The quantitative estimate of drug-likeness (QED) is 0.473. The number of ether oxygens (including phenoxy) is 1. The summed E-state index contributed by atoms with van der Waals surface area (Å²) < 4.78 is 44.9. The molecule has 1 aromatic carbocycles. The van der Waals surface area contributed by atoms with Gasteiger partial charge in [-0.05, 0) is 32.0 Å². The van der Waals surface area contributed by atoms with Gasteiger partial charge in [0.15, 0.2) is 21.5 Å². The molecule has 0 bridgehead atoms. The van der Waals surface area contributed by atoms with Crippen LogP contribution in [0.3, 0.4) is 0 Å². The van der Waals surface area contributed by atoms with Crippen LogP contribution in [-0.2, 0) is 26.6 Å². The summed E-state index contributed by atoms with van der Waals surface area (Å²) in [5.74, 6) is -2.48. The topological polar surface area (TPSA) is 156 Å². The van der Waals surface area contributed by atoms with Crippen molar-refractivity contribution >= 4 is 27.5 Å². The van der Waals surface area contributed by atoms with Crippen molar-refractivity contribution in [3.8, 4) is 17.6 Å². The first-order chi connectivity index (χ1) is 17.4. The number of carbonyl (C=O) groups is 2. The van der Waals surface area contributed by atoms with Crippen molar-refractivity contribution < 1.29 is 27.1 Å². The molecule has 0 radical (unpaired) electrons. The molecule has 1 aliphatic rings. The molecular weight excluding hydrogens is 503 g/mol. The van der Waals surface area contributed by atoms with Crippen LogP contribution in [0, 0.1) is 17.1 Å². The monoisotopic (exact) mass is 526 g/mol. The molecule has 3 aromatic rings. The molecule has 0 spiro atoms. The van der Waals surface area contributed by atoms with Crippen LogP contribution in [-0.4, -0.2) is 53.6 Å². The molecule has 0 unspecified atom stereocenters. The maximum absolute atomic E-state index is 15.0. The number of anilines is 1. The normalized spacial score (nSPS) is 16.9. The zero-order valence-corrected chi connectivity index (χ0v) is 21.0. The summed E-state index contributed by atoms with van der Waals surface area (Å²) in [7, 11) is -3.66. The number of hydrogen-bond acceptors (Lipinski definition) is 8. The maximum atomic E-state index is 15.0. The second kappa shape index (κ2) is 9.62. The number of aromatic nitrogens is 3. The Kier molecular flexibility index (Phi) is 6.70. The number of benzene rings is 1. The fraction of sp³-hybridized carbons (Fsp3) is 0.292. The number of carbonyl (C=O) groups excluding carboxylic acids is 2. The van der Waals surface area contributed by atoms with E-state index in [1.807, 2.05) is 6.07 Å². The minimum atomic E-state index is -3.66. The Morgan fingerprint density at radius 2 is 2.11 bits per heavy atom. The molecule has 0 aliphatic carbocycles. The van der Waals surface area contributed by atoms with E-state index in [1.54, 1.807) is 19.9 Å². The van der Waals surface area contributed by atoms with Gasteiger partial charge in [-0.3, -0.25) is 9.59 Å². The number of nitriles is 1. The molecule has 1 atom stereocenters. The van der Waals surface area contributed by atoms with Crippen LogP contribution in [0.15, 0.2) is 36.5 Å². The summed E-state index contributed by atoms with van der Waals surface area (Å²) in [6, 6.07) is 9.25. The van der Waals surface area contributed by atoms with E-state index in [1.165, 1.54) is 35.1 Å². The fourth-order valence-electron chi connectivity index (χ4n) is 4.15. The third-order valence-electron chi connectivity index (χ3n) is 5.69. The van der Waals surface area contributed by atoms with Crippen LogP contribution < -0.4 is 15.4 Å². The summed E-state index contributed by atoms with van der Waals surface area (Å²) in [5, 5.41) is 18.8. The summed E-state index contributed by atoms with van der Waals surface area (Å²) in [6.07, 6.45) is 2.25. The van der Waals surface area contributed by atoms with Gasteiger partial charge in [-0.2, -0.15) is 15.0 Å². The molecule has 192 valence electrons. The van der Waals surface area contributed by atoms with Crippen molar-refractivity contribution in [3.63, 3.8) is 0 Å². The van der Waals surface area contributed by atoms with E-state index in [-0.39, 0.29) is 40.4 Å². The van der Waals surface area contributed by atoms with Crippen molar-refractivity contribution in [2.24, 2.45) is 0 Å². The van der Waals surface area contributed by atoms with Gasteiger partial charge in [0, 0.05) is 30.5 Å². The summed E-state index contributed by atoms with van der Waals surface area (Å²) in [6.45, 7) is 3.79. The molecule has 11 nitrogen and oxygen atoms in total. The van der Waals surface area contributed by atoms with Crippen molar-refractivity contribution in [2.45, 2.75) is 25.8 Å². The van der Waals surface area contributed by atoms with Gasteiger partial charge in [0.1, 0.15) is 29.0 Å². The molecule has 3 heterocycles. The standard InChI is InChI=1S/C24H23FN6O5S/c1-4-36-15-6-7-16(17(25)9-15)24(2)10-18-21(23(33)29-24)22(28-20(32)13-37(3,34)35)31(30-18)19-8-5-14(11-26)12-27-19/h5-9,12H,4,10,13H2,1-3H3,(H,28,32)(H,29,33)/t24-/m0/s1. The number of hydrogen-bond donors (Lipinski definition) is 2. The molecule has 2 N–H and O–H groups in total. The average molecular weight is 527 g/mol. The van der Waals surface area contributed by atoms with Gasteiger partial charge >= 0.3 is 0 Å². The largest absolute Gasteiger partial charge is 0.494 e. The molecule has 0 saturated heterocycles. The number of amides is 2. The van der Waals surface area contributed by atoms with E-state index in [2.05, 4.69) is 20.7 Å². The van der Waals surface area contributed by atoms with Gasteiger partial charge < -0.3 is 15.4 Å². The van der Waals surface area contributed by atoms with Gasteiger partial charge in [0.25, 0.3) is 5.91 Å². The van der Waals surface area contributed by atoms with E-state index in [0.29, 0.717) is 12.4 Å². The number of sulfone groups is 1. The summed E-state index contributed by atoms with van der Waals surface area (Å²) in [5.41, 5.74) is -0.468. The first kappa shape index (κ1) is 25.8. The van der Waals surface area contributed by atoms with Crippen molar-refractivity contribution in [1.29, 1.82) is 5.26 Å². The molecule has 0 saturated carbocycles. The third-order valence-corrected chi connectivity index (χ3v) is 6.47. The van der Waals surface area contributed by atoms with Gasteiger partial charge in [-0.1, -0.05) is 6.07 Å². The SMILES string of the molecule is CCOc1ccc([C@]2(C)Cc3nn(-c4ccc(C#N)cn4)c(NC(=O)CS(C)(=O)=O)c3C(=O)N2)c(F)c1. The number of fused-ring (bicyclic) bond motifs is 1. The lowest BCUT2D eigenvalue weighted by Crippen LogP contribution is -2.49. The van der Waals surface area contributed by atoms with Crippen LogP contribution in [0.5, 0.6) is 5.75 Å². The number of rotatable bonds is 7. The highest BCUT2D eigenvalue weighted by Gasteiger charge is 2.42. The van der Waals surface area contributed by atoms with E-state index >= 15 is 4.39 Å². The lowest BCUT2D eigenvalue weighted by Gasteiger charge is -2.34. The van der Waals surface area contributed by atoms with Crippen molar-refractivity contribution in [2.75, 3.05) is 23.9 Å². The van der Waals surface area contributed by atoms with Crippen LogP contribution in [0.4, 0.5) is 10.2 Å². The first-order valence-corrected chi connectivity index (χ1v) is 13.2. The predicted molar refractivity (Wildman–Crippen MR) is 131 cm³/mol. The number of nitrogens with zero attached hydrogens (tertiary/aromatic N) is 4. The van der Waals surface area contributed by atoms with E-state index in [0.717, 1.165) is 6.26 Å². The highest BCUT2D eigenvalue weighted by molar-refractivity contribution is 7.91. The zero-order chi connectivity index (χ0) is 27.0. The molecule has 4 rings (SSSR count). The highest BCUT2D eigenvalue weighted by Crippen LogP contribution is 2.37. The maximum Gasteiger partial charge on any atom is 0.257 e. The third kappa shape index (κ3) is 5.29. The highest BCUT2D eigenvalue weighted by atomic mass is 32.2. The minimum absolute atomic E-state index is 0.00293. The zero-order valence-electron chi connectivity index (χ0n) is 20.2. The molecule has 13 heteroatoms. The minimum Gasteiger partial charge on any atom is -0.494 e. The van der Waals surface area contributed by atoms with Crippen LogP contribution >= 0.6 is 0 Å². The molecule has 37 heavy (non-hydrogen) atoms. The van der Waals surface area contributed by atoms with E-state index in [4.69, 9.17) is 10.00 Å². The fourth-order valence-corrected chi connectivity index (χ4v) is 4.69. The van der Waals surface area contributed by atoms with Crippen molar-refractivity contribution in [1.82, 2.24) is 20.1 Å². The van der Waals surface area contributed by atoms with Crippen LogP contribution in [0.25, 0.3) is 5.82 Å². The summed E-state index contributed by atoms with van der Waals surface area (Å²) in [4.78, 5) is 30.0. The second-order valence-corrected chi connectivity index (χ2v) is 10.9. The van der Waals surface area contributed by atoms with Gasteiger partial charge in [0.05, 0.1) is 23.4 Å². The van der Waals surface area contributed by atoms with Gasteiger partial charge in [-0.15, -0.1) is 0 Å². The Bertz CT molecular complexity index is 1540. The Morgan fingerprint density at radius 3 is 2.70 bits per heavy atom. The number of nitrogens with one attached hydrogen (secondary N) is 2. The van der Waals surface area contributed by atoms with E-state index < -0.39 is 38.8 Å². The average Bonchev–Trinajstić information content (AvgIpc) is 3.15. The number of halogens is 1. The Morgan fingerprint density at radius 1 is 1.35 bits per heavy atom. The van der Waals surface area contributed by atoms with Gasteiger partial charge in [-0.25, -0.2) is 17.8 Å². The predicted octanol–water partition coefficient (Wildman–Crippen LogP) is 1.86. The Hall–Kier alpha value is -4.31. The second-order valence-electron chi connectivity index (χ2n) is 8.75. The Balaban J connectivity index is 1.80. The van der Waals surface area contributed by atoms with Crippen LogP contribution in [0.1, 0.15) is 41.0 Å². The molecule has 0 fully saturated rings. The molecular formula is C24H23FN6O5S. The summed E-state index contributed by atoms with van der Waals surface area (Å²) >= 11 is 0. The van der Waals surface area contributed by atoms with Gasteiger partial charge in [0.2, 0.25) is 5.91 Å². The lowest BCUT2D eigenvalue weighted by molar-refractivity contribution is -0.113. The molecule has 1 aliphatic heterocycles.